The highest BCUT2D eigenvalue weighted by Gasteiger charge is 2.10. The molecule has 1 aromatic rings. The van der Waals surface area contributed by atoms with Gasteiger partial charge in [-0.05, 0) is 30.5 Å². The van der Waals surface area contributed by atoms with Crippen LogP contribution in [0.5, 0.6) is 0 Å². The molecule has 0 fully saturated rings. The van der Waals surface area contributed by atoms with Crippen molar-refractivity contribution in [1.82, 2.24) is 4.72 Å². The van der Waals surface area contributed by atoms with E-state index in [4.69, 9.17) is 10.7 Å². The summed E-state index contributed by atoms with van der Waals surface area (Å²) in [4.78, 5) is 0.0319. The molecule has 1 aromatic carbocycles. The molecule has 0 radical (unpaired) electrons. The number of sulfonamides is 1. The van der Waals surface area contributed by atoms with Gasteiger partial charge in [-0.25, -0.2) is 21.6 Å². The molecule has 1 N–H and O–H groups in total. The van der Waals surface area contributed by atoms with Crippen LogP contribution >= 0.6 is 10.7 Å². The van der Waals surface area contributed by atoms with E-state index in [1.165, 1.54) is 12.1 Å². The lowest BCUT2D eigenvalue weighted by atomic mass is 10.2. The van der Waals surface area contributed by atoms with Crippen molar-refractivity contribution in [3.63, 3.8) is 0 Å². The van der Waals surface area contributed by atoms with Crippen molar-refractivity contribution in [3.8, 4) is 0 Å². The molecule has 8 heteroatoms. The Bertz CT molecular complexity index is 609. The molecule has 0 aromatic heterocycles. The fourth-order valence-corrected chi connectivity index (χ4v) is 3.38. The van der Waals surface area contributed by atoms with E-state index in [0.29, 0.717) is 12.8 Å². The van der Waals surface area contributed by atoms with Gasteiger partial charge in [0, 0.05) is 17.2 Å². The monoisotopic (exact) mass is 325 g/mol. The molecule has 0 unspecified atom stereocenters. The summed E-state index contributed by atoms with van der Waals surface area (Å²) in [6.45, 7) is 2.08. The number of hydrogen-bond acceptors (Lipinski definition) is 4. The Labute approximate surface area is 118 Å². The van der Waals surface area contributed by atoms with E-state index < -0.39 is 19.1 Å². The first-order valence-corrected chi connectivity index (χ1v) is 9.72. The summed E-state index contributed by atoms with van der Waals surface area (Å²) in [7, 11) is -1.72. The Morgan fingerprint density at radius 2 is 1.68 bits per heavy atom. The maximum atomic E-state index is 11.4. The summed E-state index contributed by atoms with van der Waals surface area (Å²) in [5.41, 5.74) is 0.836. The molecular weight excluding hydrogens is 310 g/mol. The molecule has 0 aliphatic carbocycles. The van der Waals surface area contributed by atoms with E-state index in [1.807, 2.05) is 0 Å². The van der Waals surface area contributed by atoms with Crippen molar-refractivity contribution >= 4 is 29.8 Å². The molecule has 19 heavy (non-hydrogen) atoms. The van der Waals surface area contributed by atoms with Crippen molar-refractivity contribution in [2.75, 3.05) is 12.3 Å². The van der Waals surface area contributed by atoms with Gasteiger partial charge in [0.25, 0.3) is 9.05 Å². The van der Waals surface area contributed by atoms with Crippen LogP contribution in [0.1, 0.15) is 18.9 Å². The zero-order valence-corrected chi connectivity index (χ0v) is 12.9. The van der Waals surface area contributed by atoms with Gasteiger partial charge in [0.05, 0.1) is 10.6 Å². The van der Waals surface area contributed by atoms with Gasteiger partial charge in [0.15, 0.2) is 0 Å². The minimum Gasteiger partial charge on any atom is -0.215 e. The predicted octanol–water partition coefficient (Wildman–Crippen LogP) is 1.49. The van der Waals surface area contributed by atoms with E-state index in [-0.39, 0.29) is 17.2 Å². The molecular formula is C11H16ClNO4S2. The maximum absolute atomic E-state index is 11.4. The van der Waals surface area contributed by atoms with E-state index in [2.05, 4.69) is 4.72 Å². The lowest BCUT2D eigenvalue weighted by Crippen LogP contribution is -2.28. The summed E-state index contributed by atoms with van der Waals surface area (Å²) in [6, 6.07) is 6.03. The first-order valence-electron chi connectivity index (χ1n) is 5.75. The third-order valence-electron chi connectivity index (χ3n) is 2.41. The van der Waals surface area contributed by atoms with Crippen LogP contribution in [0, 0.1) is 0 Å². The Kier molecular flexibility index (Phi) is 5.79. The van der Waals surface area contributed by atoms with Gasteiger partial charge in [-0.15, -0.1) is 0 Å². The zero-order valence-electron chi connectivity index (χ0n) is 10.5. The smallest absolute Gasteiger partial charge is 0.215 e. The highest BCUT2D eigenvalue weighted by atomic mass is 35.7. The summed E-state index contributed by atoms with van der Waals surface area (Å²) in [5.74, 6) is 0.108. The highest BCUT2D eigenvalue weighted by molar-refractivity contribution is 8.13. The largest absolute Gasteiger partial charge is 0.261 e. The lowest BCUT2D eigenvalue weighted by Gasteiger charge is -2.06. The Morgan fingerprint density at radius 1 is 1.11 bits per heavy atom. The fraction of sp³-hybridized carbons (Fsp3) is 0.455. The van der Waals surface area contributed by atoms with Crippen molar-refractivity contribution in [2.45, 2.75) is 24.7 Å². The topological polar surface area (TPSA) is 80.3 Å². The molecule has 0 heterocycles. The van der Waals surface area contributed by atoms with E-state index in [1.54, 1.807) is 19.1 Å². The van der Waals surface area contributed by atoms with E-state index in [0.717, 1.165) is 5.56 Å². The molecule has 108 valence electrons. The second-order valence-corrected chi connectivity index (χ2v) is 8.54. The second kappa shape index (κ2) is 6.69. The number of nitrogens with one attached hydrogen (secondary N) is 1. The normalized spacial score (nSPS) is 12.5. The molecule has 1 rings (SSSR count). The minimum atomic E-state index is -3.71. The molecule has 0 saturated carbocycles. The van der Waals surface area contributed by atoms with Crippen molar-refractivity contribution in [1.29, 1.82) is 0 Å². The van der Waals surface area contributed by atoms with Crippen molar-refractivity contribution < 1.29 is 16.8 Å². The van der Waals surface area contributed by atoms with Crippen LogP contribution in [0.3, 0.4) is 0 Å². The van der Waals surface area contributed by atoms with Crippen LogP contribution in [0.2, 0.25) is 0 Å². The first kappa shape index (κ1) is 16.4. The first-order chi connectivity index (χ1) is 8.74. The van der Waals surface area contributed by atoms with Crippen LogP contribution < -0.4 is 4.72 Å². The molecule has 0 aliphatic heterocycles. The SMILES string of the molecule is CCCS(=O)(=O)NCCc1ccc(S(=O)(=O)Cl)cc1. The molecule has 0 bridgehead atoms. The average molecular weight is 326 g/mol. The van der Waals surface area contributed by atoms with Crippen molar-refractivity contribution in [3.05, 3.63) is 29.8 Å². The Hall–Kier alpha value is -0.630. The van der Waals surface area contributed by atoms with Crippen LogP contribution in [-0.2, 0) is 25.5 Å². The summed E-state index contributed by atoms with van der Waals surface area (Å²) in [5, 5.41) is 0. The summed E-state index contributed by atoms with van der Waals surface area (Å²) in [6.07, 6.45) is 1.06. The van der Waals surface area contributed by atoms with Gasteiger partial charge in [0.2, 0.25) is 10.0 Å². The highest BCUT2D eigenvalue weighted by Crippen LogP contribution is 2.15. The number of hydrogen-bond donors (Lipinski definition) is 1. The number of halogens is 1. The summed E-state index contributed by atoms with van der Waals surface area (Å²) >= 11 is 0. The molecule has 0 amide bonds. The van der Waals surface area contributed by atoms with Gasteiger partial charge in [-0.2, -0.15) is 0 Å². The molecule has 0 atom stereocenters. The van der Waals surface area contributed by atoms with Gasteiger partial charge in [-0.1, -0.05) is 19.1 Å². The van der Waals surface area contributed by atoms with Gasteiger partial charge in [-0.3, -0.25) is 0 Å². The Balaban J connectivity index is 2.56. The third-order valence-corrected chi connectivity index (χ3v) is 5.37. The minimum absolute atomic E-state index is 0.0319. The number of rotatable bonds is 7. The fourth-order valence-electron chi connectivity index (χ4n) is 1.51. The second-order valence-electron chi connectivity index (χ2n) is 4.05. The van der Waals surface area contributed by atoms with Gasteiger partial charge < -0.3 is 0 Å². The van der Waals surface area contributed by atoms with Crippen LogP contribution in [0.4, 0.5) is 0 Å². The average Bonchev–Trinajstić information content (AvgIpc) is 2.28. The number of benzene rings is 1. The quantitative estimate of drug-likeness (QED) is 0.770. The molecule has 0 saturated heterocycles. The van der Waals surface area contributed by atoms with Crippen LogP contribution in [-0.4, -0.2) is 29.1 Å². The molecule has 5 nitrogen and oxygen atoms in total. The summed E-state index contributed by atoms with van der Waals surface area (Å²) < 4.78 is 47.3. The third kappa shape index (κ3) is 5.90. The van der Waals surface area contributed by atoms with Gasteiger partial charge >= 0.3 is 0 Å². The van der Waals surface area contributed by atoms with Crippen LogP contribution in [0.25, 0.3) is 0 Å². The van der Waals surface area contributed by atoms with Crippen LogP contribution in [0.15, 0.2) is 29.2 Å². The predicted molar refractivity (Wildman–Crippen MR) is 75.3 cm³/mol. The molecule has 0 spiro atoms. The van der Waals surface area contributed by atoms with E-state index in [9.17, 15) is 16.8 Å². The Morgan fingerprint density at radius 3 is 2.16 bits per heavy atom. The van der Waals surface area contributed by atoms with Crippen molar-refractivity contribution in [2.24, 2.45) is 0 Å². The van der Waals surface area contributed by atoms with Gasteiger partial charge in [0.1, 0.15) is 0 Å². The molecule has 0 aliphatic rings. The standard InChI is InChI=1S/C11H16ClNO4S2/c1-2-9-18(14,15)13-8-7-10-3-5-11(6-4-10)19(12,16)17/h3-6,13H,2,7-9H2,1H3. The maximum Gasteiger partial charge on any atom is 0.261 e. The zero-order chi connectivity index (χ0) is 14.5. The van der Waals surface area contributed by atoms with E-state index >= 15 is 0 Å². The lowest BCUT2D eigenvalue weighted by molar-refractivity contribution is 0.580.